The van der Waals surface area contributed by atoms with Crippen LogP contribution in [0.4, 0.5) is 0 Å². The summed E-state index contributed by atoms with van der Waals surface area (Å²) in [5.74, 6) is -0.236. The Morgan fingerprint density at radius 2 is 1.57 bits per heavy atom. The number of nitrogens with zero attached hydrogens (tertiary/aromatic N) is 1. The third-order valence-electron chi connectivity index (χ3n) is 5.69. The number of benzene rings is 2. The molecule has 0 aromatic heterocycles. The second-order valence-corrected chi connectivity index (χ2v) is 8.61. The van der Waals surface area contributed by atoms with Crippen LogP contribution in [0.1, 0.15) is 50.2 Å². The van der Waals surface area contributed by atoms with Crippen molar-refractivity contribution in [3.05, 3.63) is 69.7 Å². The molecule has 0 aliphatic heterocycles. The summed E-state index contributed by atoms with van der Waals surface area (Å²) in [6.07, 6.45) is 4.93. The number of hydrogen-bond acceptors (Lipinski definition) is 2. The van der Waals surface area contributed by atoms with Crippen LogP contribution < -0.4 is 5.32 Å². The molecule has 0 bridgehead atoms. The topological polar surface area (TPSA) is 49.4 Å². The van der Waals surface area contributed by atoms with E-state index in [1.807, 2.05) is 43.3 Å². The average molecular weight is 447 g/mol. The molecule has 2 amide bonds. The Morgan fingerprint density at radius 1 is 1.00 bits per heavy atom. The maximum absolute atomic E-state index is 13.4. The van der Waals surface area contributed by atoms with Crippen LogP contribution in [-0.4, -0.2) is 28.8 Å². The van der Waals surface area contributed by atoms with Crippen LogP contribution in [0, 0.1) is 0 Å². The molecule has 1 saturated carbocycles. The minimum atomic E-state index is -0.558. The van der Waals surface area contributed by atoms with Crippen molar-refractivity contribution < 1.29 is 9.59 Å². The fourth-order valence-corrected chi connectivity index (χ4v) is 4.40. The first-order chi connectivity index (χ1) is 14.5. The number of hydrogen-bond donors (Lipinski definition) is 1. The van der Waals surface area contributed by atoms with Gasteiger partial charge in [-0.25, -0.2) is 0 Å². The zero-order valence-corrected chi connectivity index (χ0v) is 18.8. The molecule has 2 aromatic carbocycles. The van der Waals surface area contributed by atoms with Gasteiger partial charge in [-0.05, 0) is 42.5 Å². The molecule has 6 heteroatoms. The van der Waals surface area contributed by atoms with E-state index in [0.29, 0.717) is 16.5 Å². The van der Waals surface area contributed by atoms with E-state index < -0.39 is 6.04 Å². The Bertz CT molecular complexity index is 881. The highest BCUT2D eigenvalue weighted by molar-refractivity contribution is 6.31. The average Bonchev–Trinajstić information content (AvgIpc) is 3.24. The van der Waals surface area contributed by atoms with Crippen molar-refractivity contribution >= 4 is 35.0 Å². The molecular weight excluding hydrogens is 419 g/mol. The van der Waals surface area contributed by atoms with Gasteiger partial charge in [0, 0.05) is 22.6 Å². The third kappa shape index (κ3) is 5.77. The molecule has 160 valence electrons. The Morgan fingerprint density at radius 3 is 2.13 bits per heavy atom. The summed E-state index contributed by atoms with van der Waals surface area (Å²) >= 11 is 12.6. The number of carbonyl (C=O) groups excluding carboxylic acids is 2. The monoisotopic (exact) mass is 446 g/mol. The van der Waals surface area contributed by atoms with Gasteiger partial charge in [-0.1, -0.05) is 79.4 Å². The Balaban J connectivity index is 1.84. The van der Waals surface area contributed by atoms with Crippen molar-refractivity contribution in [3.8, 4) is 0 Å². The quantitative estimate of drug-likeness (QED) is 0.589. The maximum Gasteiger partial charge on any atom is 0.243 e. The standard InChI is InChI=1S/C24H28Cl2N2O2/c1-2-22(24(30)27-19-11-5-6-12-19)28(16-18-10-4-8-14-21(18)26)23(29)15-17-9-3-7-13-20(17)25/h3-4,7-10,13-14,19,22H,2,5-6,11-12,15-16H2,1H3,(H,27,30)/t22-/m0/s1. The molecule has 0 spiro atoms. The number of nitrogens with one attached hydrogen (secondary N) is 1. The summed E-state index contributed by atoms with van der Waals surface area (Å²) in [7, 11) is 0. The van der Waals surface area contributed by atoms with Crippen LogP contribution in [0.5, 0.6) is 0 Å². The minimum Gasteiger partial charge on any atom is -0.352 e. The van der Waals surface area contributed by atoms with Crippen LogP contribution in [0.2, 0.25) is 10.0 Å². The molecule has 1 aliphatic carbocycles. The van der Waals surface area contributed by atoms with E-state index in [4.69, 9.17) is 23.2 Å². The lowest BCUT2D eigenvalue weighted by atomic mass is 10.1. The molecule has 0 radical (unpaired) electrons. The molecule has 0 heterocycles. The van der Waals surface area contributed by atoms with Crippen molar-refractivity contribution in [2.45, 2.75) is 64.1 Å². The summed E-state index contributed by atoms with van der Waals surface area (Å²) in [6, 6.07) is 14.4. The first-order valence-electron chi connectivity index (χ1n) is 10.6. The number of carbonyl (C=O) groups is 2. The molecule has 1 N–H and O–H groups in total. The number of amides is 2. The van der Waals surface area contributed by atoms with Crippen LogP contribution in [0.15, 0.2) is 48.5 Å². The van der Waals surface area contributed by atoms with Crippen molar-refractivity contribution in [1.29, 1.82) is 0 Å². The van der Waals surface area contributed by atoms with Crippen LogP contribution in [-0.2, 0) is 22.6 Å². The van der Waals surface area contributed by atoms with Crippen molar-refractivity contribution in [2.24, 2.45) is 0 Å². The fraction of sp³-hybridized carbons (Fsp3) is 0.417. The van der Waals surface area contributed by atoms with E-state index in [1.165, 1.54) is 0 Å². The van der Waals surface area contributed by atoms with E-state index in [1.54, 1.807) is 17.0 Å². The molecule has 30 heavy (non-hydrogen) atoms. The van der Waals surface area contributed by atoms with Gasteiger partial charge in [-0.15, -0.1) is 0 Å². The zero-order valence-electron chi connectivity index (χ0n) is 17.2. The predicted molar refractivity (Wildman–Crippen MR) is 122 cm³/mol. The largest absolute Gasteiger partial charge is 0.352 e. The first kappa shape index (κ1) is 22.6. The van der Waals surface area contributed by atoms with Gasteiger partial charge in [-0.3, -0.25) is 9.59 Å². The van der Waals surface area contributed by atoms with Crippen molar-refractivity contribution in [2.75, 3.05) is 0 Å². The predicted octanol–water partition coefficient (Wildman–Crippen LogP) is 5.40. The van der Waals surface area contributed by atoms with Crippen LogP contribution in [0.3, 0.4) is 0 Å². The Hall–Kier alpha value is -2.04. The fourth-order valence-electron chi connectivity index (χ4n) is 4.00. The van der Waals surface area contributed by atoms with Crippen molar-refractivity contribution in [3.63, 3.8) is 0 Å². The summed E-state index contributed by atoms with van der Waals surface area (Å²) in [5, 5.41) is 4.28. The van der Waals surface area contributed by atoms with E-state index in [-0.39, 0.29) is 30.8 Å². The van der Waals surface area contributed by atoms with E-state index in [9.17, 15) is 9.59 Å². The molecule has 1 fully saturated rings. The lowest BCUT2D eigenvalue weighted by molar-refractivity contribution is -0.141. The third-order valence-corrected chi connectivity index (χ3v) is 6.42. The first-order valence-corrected chi connectivity index (χ1v) is 11.3. The number of halogens is 2. The lowest BCUT2D eigenvalue weighted by Gasteiger charge is -2.32. The van der Waals surface area contributed by atoms with Gasteiger partial charge >= 0.3 is 0 Å². The number of rotatable bonds is 8. The normalized spacial score (nSPS) is 15.0. The van der Waals surface area contributed by atoms with Crippen LogP contribution in [0.25, 0.3) is 0 Å². The Labute approximate surface area is 188 Å². The smallest absolute Gasteiger partial charge is 0.243 e. The van der Waals surface area contributed by atoms with E-state index in [2.05, 4.69) is 5.32 Å². The summed E-state index contributed by atoms with van der Waals surface area (Å²) in [4.78, 5) is 28.1. The van der Waals surface area contributed by atoms with Gasteiger partial charge in [0.15, 0.2) is 0 Å². The van der Waals surface area contributed by atoms with Gasteiger partial charge in [0.1, 0.15) is 6.04 Å². The van der Waals surface area contributed by atoms with Crippen molar-refractivity contribution in [1.82, 2.24) is 10.2 Å². The van der Waals surface area contributed by atoms with Gasteiger partial charge in [0.05, 0.1) is 6.42 Å². The molecule has 1 aliphatic rings. The highest BCUT2D eigenvalue weighted by Crippen LogP contribution is 2.23. The molecular formula is C24H28Cl2N2O2. The van der Waals surface area contributed by atoms with Crippen LogP contribution >= 0.6 is 23.2 Å². The molecule has 4 nitrogen and oxygen atoms in total. The minimum absolute atomic E-state index is 0.0936. The highest BCUT2D eigenvalue weighted by atomic mass is 35.5. The van der Waals surface area contributed by atoms with Gasteiger partial charge < -0.3 is 10.2 Å². The van der Waals surface area contributed by atoms with Gasteiger partial charge in [0.2, 0.25) is 11.8 Å². The molecule has 0 unspecified atom stereocenters. The molecule has 3 rings (SSSR count). The highest BCUT2D eigenvalue weighted by Gasteiger charge is 2.31. The molecule has 1 atom stereocenters. The summed E-state index contributed by atoms with van der Waals surface area (Å²) in [6.45, 7) is 2.21. The van der Waals surface area contributed by atoms with Gasteiger partial charge in [-0.2, -0.15) is 0 Å². The maximum atomic E-state index is 13.4. The Kier molecular flexibility index (Phi) is 8.17. The second-order valence-electron chi connectivity index (χ2n) is 7.80. The second kappa shape index (κ2) is 10.8. The SMILES string of the molecule is CC[C@@H](C(=O)NC1CCCC1)N(Cc1ccccc1Cl)C(=O)Cc1ccccc1Cl. The van der Waals surface area contributed by atoms with E-state index >= 15 is 0 Å². The lowest BCUT2D eigenvalue weighted by Crippen LogP contribution is -2.51. The van der Waals surface area contributed by atoms with Gasteiger partial charge in [0.25, 0.3) is 0 Å². The zero-order chi connectivity index (χ0) is 21.5. The van der Waals surface area contributed by atoms with E-state index in [0.717, 1.165) is 36.8 Å². The summed E-state index contributed by atoms with van der Waals surface area (Å²) in [5.41, 5.74) is 1.57. The summed E-state index contributed by atoms with van der Waals surface area (Å²) < 4.78 is 0. The molecule has 2 aromatic rings. The molecule has 0 saturated heterocycles.